The van der Waals surface area contributed by atoms with E-state index in [0.717, 1.165) is 6.07 Å². The highest BCUT2D eigenvalue weighted by molar-refractivity contribution is 14.1. The molecular formula is C8H6F3IO2. The van der Waals surface area contributed by atoms with E-state index in [1.807, 2.05) is 22.6 Å². The smallest absolute Gasteiger partial charge is 0.406 e. The Morgan fingerprint density at radius 2 is 2.00 bits per heavy atom. The van der Waals surface area contributed by atoms with Crippen molar-refractivity contribution >= 4 is 22.6 Å². The minimum absolute atomic E-state index is 0.312. The van der Waals surface area contributed by atoms with E-state index in [4.69, 9.17) is 5.11 Å². The number of aliphatic hydroxyl groups is 1. The van der Waals surface area contributed by atoms with Crippen molar-refractivity contribution in [3.05, 3.63) is 27.3 Å². The molecule has 0 atom stereocenters. The second kappa shape index (κ2) is 4.35. The van der Waals surface area contributed by atoms with Crippen LogP contribution in [0.3, 0.4) is 0 Å². The fourth-order valence-electron chi connectivity index (χ4n) is 0.869. The summed E-state index contributed by atoms with van der Waals surface area (Å²) < 4.78 is 39.8. The second-order valence-corrected chi connectivity index (χ2v) is 3.62. The molecule has 6 heteroatoms. The maximum atomic E-state index is 11.8. The summed E-state index contributed by atoms with van der Waals surface area (Å²) in [6.45, 7) is -0.312. The van der Waals surface area contributed by atoms with E-state index in [2.05, 4.69) is 4.74 Å². The molecule has 1 aromatic carbocycles. The van der Waals surface area contributed by atoms with Crippen LogP contribution in [0.15, 0.2) is 18.2 Å². The Kier molecular flexibility index (Phi) is 3.59. The second-order valence-electron chi connectivity index (χ2n) is 2.46. The number of rotatable bonds is 2. The van der Waals surface area contributed by atoms with Crippen LogP contribution in [-0.4, -0.2) is 11.5 Å². The van der Waals surface area contributed by atoms with Crippen LogP contribution in [0.1, 0.15) is 5.56 Å². The molecule has 0 aliphatic rings. The molecular weight excluding hydrogens is 312 g/mol. The lowest BCUT2D eigenvalue weighted by Gasteiger charge is -2.10. The molecule has 0 fully saturated rings. The zero-order valence-electron chi connectivity index (χ0n) is 6.81. The minimum atomic E-state index is -4.69. The number of halogens is 4. The molecule has 1 aromatic rings. The quantitative estimate of drug-likeness (QED) is 0.850. The van der Waals surface area contributed by atoms with Crippen LogP contribution in [0, 0.1) is 3.57 Å². The first kappa shape index (κ1) is 11.6. The standard InChI is InChI=1S/C8H6F3IO2/c9-8(10,11)14-6-1-2-7(12)5(3-6)4-13/h1-3,13H,4H2. The summed E-state index contributed by atoms with van der Waals surface area (Å²) in [7, 11) is 0. The molecule has 0 amide bonds. The molecule has 0 saturated heterocycles. The Morgan fingerprint density at radius 3 is 2.50 bits per heavy atom. The Bertz CT molecular complexity index is 325. The lowest BCUT2D eigenvalue weighted by Crippen LogP contribution is -2.17. The van der Waals surface area contributed by atoms with Gasteiger partial charge < -0.3 is 9.84 Å². The number of hydrogen-bond acceptors (Lipinski definition) is 2. The van der Waals surface area contributed by atoms with Crippen LogP contribution < -0.4 is 4.74 Å². The Morgan fingerprint density at radius 1 is 1.36 bits per heavy atom. The highest BCUT2D eigenvalue weighted by atomic mass is 127. The van der Waals surface area contributed by atoms with Gasteiger partial charge in [-0.1, -0.05) is 0 Å². The first-order chi connectivity index (χ1) is 6.42. The Labute approximate surface area is 91.8 Å². The summed E-state index contributed by atoms with van der Waals surface area (Å²) in [5, 5.41) is 8.80. The number of alkyl halides is 3. The monoisotopic (exact) mass is 318 g/mol. The van der Waals surface area contributed by atoms with Crippen molar-refractivity contribution in [3.63, 3.8) is 0 Å². The fraction of sp³-hybridized carbons (Fsp3) is 0.250. The fourth-order valence-corrected chi connectivity index (χ4v) is 1.38. The number of benzene rings is 1. The van der Waals surface area contributed by atoms with Crippen LogP contribution in [0.5, 0.6) is 5.75 Å². The lowest BCUT2D eigenvalue weighted by molar-refractivity contribution is -0.274. The maximum absolute atomic E-state index is 11.8. The third-order valence-corrected chi connectivity index (χ3v) is 2.47. The molecule has 2 nitrogen and oxygen atoms in total. The predicted molar refractivity (Wildman–Crippen MR) is 51.8 cm³/mol. The van der Waals surface area contributed by atoms with Gasteiger partial charge in [0.25, 0.3) is 0 Å². The number of hydrogen-bond donors (Lipinski definition) is 1. The molecule has 78 valence electrons. The Hall–Kier alpha value is -0.500. The third-order valence-electron chi connectivity index (χ3n) is 1.42. The van der Waals surface area contributed by atoms with Gasteiger partial charge in [0.05, 0.1) is 6.61 Å². The van der Waals surface area contributed by atoms with Gasteiger partial charge in [-0.15, -0.1) is 13.2 Å². The zero-order valence-corrected chi connectivity index (χ0v) is 8.96. The minimum Gasteiger partial charge on any atom is -0.406 e. The maximum Gasteiger partial charge on any atom is 0.573 e. The first-order valence-corrected chi connectivity index (χ1v) is 4.65. The molecule has 0 aromatic heterocycles. The molecule has 0 spiro atoms. The highest BCUT2D eigenvalue weighted by Crippen LogP contribution is 2.25. The van der Waals surface area contributed by atoms with Gasteiger partial charge in [0.1, 0.15) is 5.75 Å². The van der Waals surface area contributed by atoms with Crippen molar-refractivity contribution in [2.24, 2.45) is 0 Å². The van der Waals surface area contributed by atoms with Gasteiger partial charge in [-0.25, -0.2) is 0 Å². The molecule has 1 rings (SSSR count). The van der Waals surface area contributed by atoms with E-state index in [1.165, 1.54) is 12.1 Å². The van der Waals surface area contributed by atoms with Gasteiger partial charge in [-0.2, -0.15) is 0 Å². The van der Waals surface area contributed by atoms with E-state index in [1.54, 1.807) is 0 Å². The molecule has 0 radical (unpaired) electrons. The Balaban J connectivity index is 2.90. The first-order valence-electron chi connectivity index (χ1n) is 3.57. The van der Waals surface area contributed by atoms with Crippen molar-refractivity contribution < 1.29 is 23.0 Å². The van der Waals surface area contributed by atoms with Crippen molar-refractivity contribution in [2.75, 3.05) is 0 Å². The van der Waals surface area contributed by atoms with Gasteiger partial charge in [-0.3, -0.25) is 0 Å². The third kappa shape index (κ3) is 3.33. The van der Waals surface area contributed by atoms with Crippen molar-refractivity contribution in [1.29, 1.82) is 0 Å². The predicted octanol–water partition coefficient (Wildman–Crippen LogP) is 2.68. The van der Waals surface area contributed by atoms with Gasteiger partial charge in [0.15, 0.2) is 0 Å². The van der Waals surface area contributed by atoms with E-state index < -0.39 is 6.36 Å². The van der Waals surface area contributed by atoms with Gasteiger partial charge in [0.2, 0.25) is 0 Å². The van der Waals surface area contributed by atoms with Crippen LogP contribution >= 0.6 is 22.6 Å². The summed E-state index contributed by atoms with van der Waals surface area (Å²) >= 11 is 1.92. The SMILES string of the molecule is OCc1cc(OC(F)(F)F)ccc1I. The summed E-state index contributed by atoms with van der Waals surface area (Å²) in [5.74, 6) is -0.318. The summed E-state index contributed by atoms with van der Waals surface area (Å²) in [4.78, 5) is 0. The van der Waals surface area contributed by atoms with E-state index in [0.29, 0.717) is 9.13 Å². The van der Waals surface area contributed by atoms with Crippen molar-refractivity contribution in [3.8, 4) is 5.75 Å². The molecule has 1 N–H and O–H groups in total. The molecule has 0 aliphatic carbocycles. The molecule has 0 bridgehead atoms. The normalized spacial score (nSPS) is 11.5. The van der Waals surface area contributed by atoms with Gasteiger partial charge >= 0.3 is 6.36 Å². The number of ether oxygens (including phenoxy) is 1. The summed E-state index contributed by atoms with van der Waals surface area (Å²) in [5.41, 5.74) is 0.410. The van der Waals surface area contributed by atoms with Gasteiger partial charge in [-0.05, 0) is 46.4 Å². The van der Waals surface area contributed by atoms with Crippen molar-refractivity contribution in [1.82, 2.24) is 0 Å². The number of aliphatic hydroxyl groups excluding tert-OH is 1. The average Bonchev–Trinajstić information content (AvgIpc) is 2.06. The van der Waals surface area contributed by atoms with E-state index in [9.17, 15) is 13.2 Å². The lowest BCUT2D eigenvalue weighted by atomic mass is 10.2. The summed E-state index contributed by atoms with van der Waals surface area (Å²) in [6.07, 6.45) is -4.69. The molecule has 0 unspecified atom stereocenters. The average molecular weight is 318 g/mol. The topological polar surface area (TPSA) is 29.5 Å². The van der Waals surface area contributed by atoms with E-state index >= 15 is 0 Å². The van der Waals surface area contributed by atoms with Gasteiger partial charge in [0, 0.05) is 3.57 Å². The van der Waals surface area contributed by atoms with Crippen LogP contribution in [0.2, 0.25) is 0 Å². The molecule has 14 heavy (non-hydrogen) atoms. The zero-order chi connectivity index (χ0) is 10.8. The van der Waals surface area contributed by atoms with Crippen LogP contribution in [-0.2, 0) is 6.61 Å². The van der Waals surface area contributed by atoms with Crippen LogP contribution in [0.4, 0.5) is 13.2 Å². The summed E-state index contributed by atoms with van der Waals surface area (Å²) in [6, 6.07) is 3.82. The van der Waals surface area contributed by atoms with Crippen molar-refractivity contribution in [2.45, 2.75) is 13.0 Å². The molecule has 0 saturated carbocycles. The largest absolute Gasteiger partial charge is 0.573 e. The van der Waals surface area contributed by atoms with Crippen LogP contribution in [0.25, 0.3) is 0 Å². The van der Waals surface area contributed by atoms with E-state index in [-0.39, 0.29) is 12.4 Å². The highest BCUT2D eigenvalue weighted by Gasteiger charge is 2.31. The molecule has 0 heterocycles. The molecule has 0 aliphatic heterocycles.